The zero-order valence-electron chi connectivity index (χ0n) is 13.1. The molecular weight excluding hydrogens is 287 g/mol. The Hall–Kier alpha value is -2.37. The van der Waals surface area contributed by atoms with Crippen LogP contribution >= 0.6 is 0 Å². The minimum Gasteiger partial charge on any atom is -0.463 e. The molecule has 22 heavy (non-hydrogen) atoms. The van der Waals surface area contributed by atoms with E-state index in [1.165, 1.54) is 21.9 Å². The Labute approximate surface area is 129 Å². The Bertz CT molecular complexity index is 642. The number of hydrogen-bond acceptors (Lipinski definition) is 3. The van der Waals surface area contributed by atoms with E-state index in [1.54, 1.807) is 40.1 Å². The highest BCUT2D eigenvalue weighted by molar-refractivity contribution is 5.94. The molecule has 0 bridgehead atoms. The fourth-order valence-electron chi connectivity index (χ4n) is 2.60. The molecule has 0 saturated carbocycles. The molecule has 1 atom stereocenters. The average molecular weight is 306 g/mol. The lowest BCUT2D eigenvalue weighted by atomic mass is 9.93. The quantitative estimate of drug-likeness (QED) is 0.807. The van der Waals surface area contributed by atoms with E-state index < -0.39 is 17.8 Å². The molecule has 0 radical (unpaired) electrons. The van der Waals surface area contributed by atoms with Gasteiger partial charge in [-0.2, -0.15) is 0 Å². The minimum atomic E-state index is -0.668. The summed E-state index contributed by atoms with van der Waals surface area (Å²) in [6.45, 7) is 3.63. The van der Waals surface area contributed by atoms with Crippen LogP contribution in [-0.2, 0) is 9.53 Å². The van der Waals surface area contributed by atoms with Crippen LogP contribution in [0.1, 0.15) is 25.5 Å². The van der Waals surface area contributed by atoms with Crippen molar-refractivity contribution >= 4 is 12.0 Å². The van der Waals surface area contributed by atoms with E-state index in [0.29, 0.717) is 16.8 Å². The number of halogens is 1. The molecule has 0 aromatic heterocycles. The number of ether oxygens (including phenoxy) is 1. The fraction of sp³-hybridized carbons (Fsp3) is 0.375. The van der Waals surface area contributed by atoms with Crippen molar-refractivity contribution in [3.63, 3.8) is 0 Å². The molecule has 0 saturated heterocycles. The van der Waals surface area contributed by atoms with Crippen LogP contribution in [0.25, 0.3) is 0 Å². The number of nitrogens with zero attached hydrogens (tertiary/aromatic N) is 2. The van der Waals surface area contributed by atoms with Gasteiger partial charge in [-0.05, 0) is 31.5 Å². The molecule has 1 heterocycles. The molecule has 0 spiro atoms. The van der Waals surface area contributed by atoms with Crippen molar-refractivity contribution in [3.8, 4) is 0 Å². The molecular formula is C16H19FN2O3. The van der Waals surface area contributed by atoms with Crippen LogP contribution in [0.2, 0.25) is 0 Å². The highest BCUT2D eigenvalue weighted by atomic mass is 19.1. The van der Waals surface area contributed by atoms with E-state index in [4.69, 9.17) is 4.74 Å². The van der Waals surface area contributed by atoms with Crippen molar-refractivity contribution in [2.45, 2.75) is 19.9 Å². The summed E-state index contributed by atoms with van der Waals surface area (Å²) in [5.74, 6) is -0.918. The molecule has 0 fully saturated rings. The molecule has 5 nitrogen and oxygen atoms in total. The molecule has 0 N–H and O–H groups in total. The first-order valence-electron chi connectivity index (χ1n) is 7.02. The molecule has 0 aliphatic carbocycles. The number of hydrogen-bond donors (Lipinski definition) is 0. The fourth-order valence-corrected chi connectivity index (χ4v) is 2.60. The number of benzene rings is 1. The summed E-state index contributed by atoms with van der Waals surface area (Å²) >= 11 is 0. The lowest BCUT2D eigenvalue weighted by Gasteiger charge is -2.39. The number of carbonyl (C=O) groups excluding carboxylic acids is 2. The van der Waals surface area contributed by atoms with E-state index in [-0.39, 0.29) is 12.6 Å². The number of amides is 2. The van der Waals surface area contributed by atoms with Gasteiger partial charge in [0.1, 0.15) is 5.82 Å². The minimum absolute atomic E-state index is 0.229. The molecule has 0 unspecified atom stereocenters. The molecule has 2 rings (SSSR count). The van der Waals surface area contributed by atoms with Gasteiger partial charge in [-0.3, -0.25) is 0 Å². The smallest absolute Gasteiger partial charge is 0.338 e. The molecule has 2 amide bonds. The van der Waals surface area contributed by atoms with Crippen LogP contribution in [0.15, 0.2) is 35.5 Å². The third-order valence-corrected chi connectivity index (χ3v) is 3.80. The molecule has 1 aromatic carbocycles. The summed E-state index contributed by atoms with van der Waals surface area (Å²) in [4.78, 5) is 27.4. The molecule has 6 heteroatoms. The second-order valence-corrected chi connectivity index (χ2v) is 5.13. The van der Waals surface area contributed by atoms with Gasteiger partial charge in [0.25, 0.3) is 0 Å². The largest absolute Gasteiger partial charge is 0.463 e. The van der Waals surface area contributed by atoms with E-state index in [2.05, 4.69) is 0 Å². The standard InChI is InChI=1S/C16H19FN2O3/c1-5-22-15(20)13-10(2)18(3)16(21)19(4)14(13)11-7-6-8-12(17)9-11/h6-9,14H,5H2,1-4H3/t14-/m0/s1. The van der Waals surface area contributed by atoms with Gasteiger partial charge in [0.2, 0.25) is 0 Å². The third kappa shape index (κ3) is 2.68. The van der Waals surface area contributed by atoms with Gasteiger partial charge in [0, 0.05) is 19.8 Å². The van der Waals surface area contributed by atoms with Crippen molar-refractivity contribution in [1.29, 1.82) is 0 Å². The van der Waals surface area contributed by atoms with Crippen LogP contribution in [0.3, 0.4) is 0 Å². The third-order valence-electron chi connectivity index (χ3n) is 3.80. The van der Waals surface area contributed by atoms with Gasteiger partial charge >= 0.3 is 12.0 Å². The number of urea groups is 1. The van der Waals surface area contributed by atoms with Crippen LogP contribution in [0, 0.1) is 5.82 Å². The van der Waals surface area contributed by atoms with E-state index in [9.17, 15) is 14.0 Å². The van der Waals surface area contributed by atoms with Crippen molar-refractivity contribution in [3.05, 3.63) is 46.9 Å². The summed E-state index contributed by atoms with van der Waals surface area (Å²) in [5, 5.41) is 0. The maximum Gasteiger partial charge on any atom is 0.338 e. The number of rotatable bonds is 3. The van der Waals surface area contributed by atoms with Gasteiger partial charge in [-0.15, -0.1) is 0 Å². The van der Waals surface area contributed by atoms with Crippen LogP contribution in [0.5, 0.6) is 0 Å². The van der Waals surface area contributed by atoms with Gasteiger partial charge in [0.05, 0.1) is 18.2 Å². The van der Waals surface area contributed by atoms with E-state index in [1.807, 2.05) is 0 Å². The summed E-state index contributed by atoms with van der Waals surface area (Å²) in [5.41, 5.74) is 1.39. The van der Waals surface area contributed by atoms with Crippen LogP contribution in [0.4, 0.5) is 9.18 Å². The predicted molar refractivity (Wildman–Crippen MR) is 79.4 cm³/mol. The predicted octanol–water partition coefficient (Wildman–Crippen LogP) is 2.70. The monoisotopic (exact) mass is 306 g/mol. The Morgan fingerprint density at radius 3 is 2.64 bits per heavy atom. The Kier molecular flexibility index (Phi) is 4.49. The Morgan fingerprint density at radius 1 is 1.36 bits per heavy atom. The van der Waals surface area contributed by atoms with Gasteiger partial charge < -0.3 is 14.5 Å². The molecule has 1 aliphatic rings. The zero-order chi connectivity index (χ0) is 16.4. The highest BCUT2D eigenvalue weighted by Gasteiger charge is 2.39. The van der Waals surface area contributed by atoms with Crippen molar-refractivity contribution in [2.24, 2.45) is 0 Å². The topological polar surface area (TPSA) is 49.9 Å². The Morgan fingerprint density at radius 2 is 2.05 bits per heavy atom. The lowest BCUT2D eigenvalue weighted by Crippen LogP contribution is -2.47. The van der Waals surface area contributed by atoms with Gasteiger partial charge in [-0.25, -0.2) is 14.0 Å². The first-order chi connectivity index (χ1) is 10.4. The summed E-state index contributed by atoms with van der Waals surface area (Å²) in [6.07, 6.45) is 0. The van der Waals surface area contributed by atoms with Crippen LogP contribution in [-0.4, -0.2) is 42.5 Å². The zero-order valence-corrected chi connectivity index (χ0v) is 13.1. The number of esters is 1. The maximum absolute atomic E-state index is 13.6. The SMILES string of the molecule is CCOC(=O)C1=C(C)N(C)C(=O)N(C)[C@H]1c1cccc(F)c1. The summed E-state index contributed by atoms with van der Waals surface area (Å²) < 4.78 is 18.7. The second kappa shape index (κ2) is 6.17. The maximum atomic E-state index is 13.6. The highest BCUT2D eigenvalue weighted by Crippen LogP contribution is 2.36. The molecule has 1 aliphatic heterocycles. The average Bonchev–Trinajstić information content (AvgIpc) is 2.48. The normalized spacial score (nSPS) is 18.8. The molecule has 118 valence electrons. The first-order valence-corrected chi connectivity index (χ1v) is 7.02. The van der Waals surface area contributed by atoms with Gasteiger partial charge in [0.15, 0.2) is 0 Å². The van der Waals surface area contributed by atoms with Gasteiger partial charge in [-0.1, -0.05) is 12.1 Å². The molecule has 1 aromatic rings. The van der Waals surface area contributed by atoms with Crippen molar-refractivity contribution in [1.82, 2.24) is 9.80 Å². The van der Waals surface area contributed by atoms with E-state index >= 15 is 0 Å². The van der Waals surface area contributed by atoms with E-state index in [0.717, 1.165) is 0 Å². The first kappa shape index (κ1) is 16.0. The Balaban J connectivity index is 2.60. The van der Waals surface area contributed by atoms with Crippen molar-refractivity contribution in [2.75, 3.05) is 20.7 Å². The summed E-state index contributed by atoms with van der Waals surface area (Å²) in [7, 11) is 3.18. The number of allylic oxidation sites excluding steroid dienone is 1. The number of carbonyl (C=O) groups is 2. The second-order valence-electron chi connectivity index (χ2n) is 5.13. The van der Waals surface area contributed by atoms with Crippen molar-refractivity contribution < 1.29 is 18.7 Å². The number of likely N-dealkylation sites (N-methyl/N-ethyl adjacent to an activating group) is 1. The lowest BCUT2D eigenvalue weighted by molar-refractivity contribution is -0.139. The summed E-state index contributed by atoms with van der Waals surface area (Å²) in [6, 6.07) is 4.96. The van der Waals surface area contributed by atoms with Crippen LogP contribution < -0.4 is 0 Å².